The lowest BCUT2D eigenvalue weighted by Gasteiger charge is -2.21. The Hall–Kier alpha value is -2.51. The van der Waals surface area contributed by atoms with Crippen LogP contribution in [0.25, 0.3) is 6.08 Å². The van der Waals surface area contributed by atoms with Crippen LogP contribution in [0.3, 0.4) is 0 Å². The first kappa shape index (κ1) is 21.2. The quantitative estimate of drug-likeness (QED) is 0.512. The van der Waals surface area contributed by atoms with E-state index in [1.165, 1.54) is 11.8 Å². The lowest BCUT2D eigenvalue weighted by Crippen LogP contribution is -2.27. The van der Waals surface area contributed by atoms with E-state index in [4.69, 9.17) is 17.0 Å². The molecule has 2 aromatic rings. The van der Waals surface area contributed by atoms with Gasteiger partial charge in [-0.25, -0.2) is 0 Å². The van der Waals surface area contributed by atoms with Gasteiger partial charge in [-0.2, -0.15) is 0 Å². The van der Waals surface area contributed by atoms with E-state index in [0.717, 1.165) is 30.1 Å². The van der Waals surface area contributed by atoms with Crippen LogP contribution in [0.4, 0.5) is 5.69 Å². The van der Waals surface area contributed by atoms with E-state index in [1.54, 1.807) is 24.2 Å². The van der Waals surface area contributed by atoms with Crippen molar-refractivity contribution >= 4 is 46.0 Å². The summed E-state index contributed by atoms with van der Waals surface area (Å²) < 4.78 is 5.68. The predicted molar refractivity (Wildman–Crippen MR) is 123 cm³/mol. The SMILES string of the molecule is CCN(CC)c1ccc(C=C2SC(=S)N(Cc3ccc(OC)cc3)C2=O)c(O)c1. The molecule has 0 saturated carbocycles. The maximum absolute atomic E-state index is 12.9. The molecule has 1 aliphatic rings. The summed E-state index contributed by atoms with van der Waals surface area (Å²) in [4.78, 5) is 17.1. The second kappa shape index (κ2) is 9.33. The maximum Gasteiger partial charge on any atom is 0.266 e. The third-order valence-electron chi connectivity index (χ3n) is 4.80. The van der Waals surface area contributed by atoms with Crippen LogP contribution in [0.2, 0.25) is 0 Å². The van der Waals surface area contributed by atoms with Gasteiger partial charge in [-0.3, -0.25) is 9.69 Å². The molecule has 3 rings (SSSR count). The van der Waals surface area contributed by atoms with E-state index in [1.807, 2.05) is 36.4 Å². The van der Waals surface area contributed by atoms with Crippen molar-refractivity contribution in [3.8, 4) is 11.5 Å². The van der Waals surface area contributed by atoms with Crippen LogP contribution in [-0.4, -0.2) is 40.4 Å². The van der Waals surface area contributed by atoms with Crippen molar-refractivity contribution < 1.29 is 14.6 Å². The number of aromatic hydroxyl groups is 1. The van der Waals surface area contributed by atoms with Gasteiger partial charge < -0.3 is 14.7 Å². The monoisotopic (exact) mass is 428 g/mol. The van der Waals surface area contributed by atoms with Gasteiger partial charge in [0.15, 0.2) is 0 Å². The molecule has 1 heterocycles. The van der Waals surface area contributed by atoms with Gasteiger partial charge in [-0.05, 0) is 49.8 Å². The summed E-state index contributed by atoms with van der Waals surface area (Å²) in [6.07, 6.45) is 1.70. The van der Waals surface area contributed by atoms with Crippen molar-refractivity contribution in [3.05, 3.63) is 58.5 Å². The van der Waals surface area contributed by atoms with Crippen LogP contribution in [0.1, 0.15) is 25.0 Å². The number of ether oxygens (including phenoxy) is 1. The number of phenolic OH excluding ortho intramolecular Hbond substituents is 1. The highest BCUT2D eigenvalue weighted by Crippen LogP contribution is 2.36. The smallest absolute Gasteiger partial charge is 0.266 e. The molecule has 0 unspecified atom stereocenters. The van der Waals surface area contributed by atoms with Crippen LogP contribution < -0.4 is 9.64 Å². The Morgan fingerprint density at radius 2 is 1.86 bits per heavy atom. The van der Waals surface area contributed by atoms with E-state index >= 15 is 0 Å². The second-order valence-electron chi connectivity index (χ2n) is 6.53. The molecule has 0 radical (unpaired) electrons. The molecule has 1 amide bonds. The third kappa shape index (κ3) is 4.74. The number of nitrogens with zero attached hydrogens (tertiary/aromatic N) is 2. The Bertz CT molecular complexity index is 938. The summed E-state index contributed by atoms with van der Waals surface area (Å²) in [6.45, 7) is 6.27. The van der Waals surface area contributed by atoms with Crippen molar-refractivity contribution in [2.45, 2.75) is 20.4 Å². The summed E-state index contributed by atoms with van der Waals surface area (Å²) >= 11 is 6.67. The van der Waals surface area contributed by atoms with Crippen LogP contribution in [0, 0.1) is 0 Å². The molecule has 0 aromatic heterocycles. The van der Waals surface area contributed by atoms with Crippen molar-refractivity contribution in [1.29, 1.82) is 0 Å². The van der Waals surface area contributed by atoms with Crippen molar-refractivity contribution in [1.82, 2.24) is 4.90 Å². The molecule has 0 aliphatic carbocycles. The first-order valence-electron chi connectivity index (χ1n) is 9.43. The fourth-order valence-electron chi connectivity index (χ4n) is 3.13. The summed E-state index contributed by atoms with van der Waals surface area (Å²) in [7, 11) is 1.62. The highest BCUT2D eigenvalue weighted by Gasteiger charge is 2.32. The minimum absolute atomic E-state index is 0.148. The average Bonchev–Trinajstić information content (AvgIpc) is 2.99. The second-order valence-corrected chi connectivity index (χ2v) is 8.21. The standard InChI is InChI=1S/C22H24N2O3S2/c1-4-23(5-2)17-9-8-16(19(25)13-17)12-20-21(26)24(22(28)29-20)14-15-6-10-18(27-3)11-7-15/h6-13,25H,4-5,14H2,1-3H3. The molecule has 1 fully saturated rings. The van der Waals surface area contributed by atoms with Gasteiger partial charge in [0.05, 0.1) is 18.6 Å². The van der Waals surface area contributed by atoms with Crippen molar-refractivity contribution in [2.75, 3.05) is 25.1 Å². The molecule has 0 atom stereocenters. The van der Waals surface area contributed by atoms with E-state index in [-0.39, 0.29) is 11.7 Å². The molecular weight excluding hydrogens is 404 g/mol. The van der Waals surface area contributed by atoms with E-state index in [2.05, 4.69) is 18.7 Å². The average molecular weight is 429 g/mol. The lowest BCUT2D eigenvalue weighted by molar-refractivity contribution is -0.122. The first-order valence-corrected chi connectivity index (χ1v) is 10.7. The Morgan fingerprint density at radius 3 is 2.45 bits per heavy atom. The molecular formula is C22H24N2O3S2. The van der Waals surface area contributed by atoms with Crippen LogP contribution >= 0.6 is 24.0 Å². The summed E-state index contributed by atoms with van der Waals surface area (Å²) in [5.41, 5.74) is 2.53. The van der Waals surface area contributed by atoms with Gasteiger partial charge in [-0.1, -0.05) is 36.1 Å². The zero-order valence-electron chi connectivity index (χ0n) is 16.7. The number of methoxy groups -OCH3 is 1. The molecule has 29 heavy (non-hydrogen) atoms. The molecule has 7 heteroatoms. The lowest BCUT2D eigenvalue weighted by atomic mass is 10.1. The zero-order chi connectivity index (χ0) is 21.0. The number of benzene rings is 2. The molecule has 1 saturated heterocycles. The van der Waals surface area contributed by atoms with E-state index in [0.29, 0.717) is 21.3 Å². The molecule has 0 spiro atoms. The van der Waals surface area contributed by atoms with Gasteiger partial charge in [0.25, 0.3) is 5.91 Å². The van der Waals surface area contributed by atoms with Gasteiger partial charge >= 0.3 is 0 Å². The van der Waals surface area contributed by atoms with Crippen molar-refractivity contribution in [2.24, 2.45) is 0 Å². The highest BCUT2D eigenvalue weighted by molar-refractivity contribution is 8.26. The number of thioether (sulfide) groups is 1. The van der Waals surface area contributed by atoms with Crippen molar-refractivity contribution in [3.63, 3.8) is 0 Å². The zero-order valence-corrected chi connectivity index (χ0v) is 18.3. The number of hydrogen-bond acceptors (Lipinski definition) is 6. The van der Waals surface area contributed by atoms with Gasteiger partial charge in [0.1, 0.15) is 15.8 Å². The number of carbonyl (C=O) groups is 1. The highest BCUT2D eigenvalue weighted by atomic mass is 32.2. The molecule has 2 aromatic carbocycles. The van der Waals surface area contributed by atoms with E-state index in [9.17, 15) is 9.90 Å². The Kier molecular flexibility index (Phi) is 6.82. The Balaban J connectivity index is 1.78. The normalized spacial score (nSPS) is 15.3. The minimum Gasteiger partial charge on any atom is -0.507 e. The maximum atomic E-state index is 12.9. The molecule has 1 N–H and O–H groups in total. The van der Waals surface area contributed by atoms with Crippen LogP contribution in [-0.2, 0) is 11.3 Å². The molecule has 1 aliphatic heterocycles. The molecule has 152 valence electrons. The molecule has 0 bridgehead atoms. The van der Waals surface area contributed by atoms with E-state index < -0.39 is 0 Å². The number of hydrogen-bond donors (Lipinski definition) is 1. The number of phenols is 1. The van der Waals surface area contributed by atoms with Gasteiger partial charge in [-0.15, -0.1) is 0 Å². The first-order chi connectivity index (χ1) is 14.0. The number of rotatable bonds is 7. The fourth-order valence-corrected chi connectivity index (χ4v) is 4.38. The van der Waals surface area contributed by atoms with Gasteiger partial charge in [0.2, 0.25) is 0 Å². The van der Waals surface area contributed by atoms with Crippen LogP contribution in [0.15, 0.2) is 47.4 Å². The number of carbonyl (C=O) groups excluding carboxylic acids is 1. The largest absolute Gasteiger partial charge is 0.507 e. The Labute approximate surface area is 181 Å². The predicted octanol–water partition coefficient (Wildman–Crippen LogP) is 4.65. The fraction of sp³-hybridized carbons (Fsp3) is 0.273. The van der Waals surface area contributed by atoms with Crippen LogP contribution in [0.5, 0.6) is 11.5 Å². The Morgan fingerprint density at radius 1 is 1.17 bits per heavy atom. The summed E-state index contributed by atoms with van der Waals surface area (Å²) in [6, 6.07) is 13.1. The minimum atomic E-state index is -0.150. The number of thiocarbonyl (C=S) groups is 1. The number of amides is 1. The number of anilines is 1. The summed E-state index contributed by atoms with van der Waals surface area (Å²) in [5, 5.41) is 10.4. The summed E-state index contributed by atoms with van der Waals surface area (Å²) in [5.74, 6) is 0.764. The third-order valence-corrected chi connectivity index (χ3v) is 6.18. The topological polar surface area (TPSA) is 53.0 Å². The van der Waals surface area contributed by atoms with Gasteiger partial charge in [0, 0.05) is 30.4 Å². The molecule has 5 nitrogen and oxygen atoms in total.